The van der Waals surface area contributed by atoms with E-state index in [1.165, 1.54) is 0 Å². The molecule has 208 valence electrons. The second-order valence-electron chi connectivity index (χ2n) is 10.5. The Balaban J connectivity index is 2.04. The van der Waals surface area contributed by atoms with Crippen molar-refractivity contribution in [2.75, 3.05) is 12.4 Å². The van der Waals surface area contributed by atoms with Gasteiger partial charge in [-0.2, -0.15) is 0 Å². The number of esters is 2. The number of alkyl carbamates (subject to hydrolysis) is 1. The largest absolute Gasteiger partial charge is 0.458 e. The highest BCUT2D eigenvalue weighted by molar-refractivity contribution is 8.14. The molecule has 1 aliphatic rings. The SMILES string of the molecule is CC(C)(C)OC(=O)N[C@@H](CCC(=O)N1C(=O)SC[C@H]1C(=O)OCC(=O)c1ccccc1)C(=O)OC(C)(C)C. The van der Waals surface area contributed by atoms with Crippen LogP contribution in [0.15, 0.2) is 30.3 Å². The maximum absolute atomic E-state index is 13.0. The first-order valence-corrected chi connectivity index (χ1v) is 13.0. The summed E-state index contributed by atoms with van der Waals surface area (Å²) >= 11 is 0.765. The minimum Gasteiger partial charge on any atom is -0.458 e. The lowest BCUT2D eigenvalue weighted by Crippen LogP contribution is -2.48. The van der Waals surface area contributed by atoms with E-state index in [2.05, 4.69) is 5.32 Å². The molecule has 0 radical (unpaired) electrons. The zero-order chi connectivity index (χ0) is 28.7. The molecule has 1 fully saturated rings. The van der Waals surface area contributed by atoms with Gasteiger partial charge in [0.25, 0.3) is 5.24 Å². The standard InChI is InChI=1S/C26H34N2O9S/c1-25(2,3)36-21(31)17(27-23(33)37-26(4,5)6)12-13-20(30)28-18(15-38-24(28)34)22(32)35-14-19(29)16-10-8-7-9-11-16/h7-11,17-18H,12-15H2,1-6H3,(H,27,33)/t17-,18-/m0/s1. The third-order valence-corrected chi connectivity index (χ3v) is 5.81. The molecule has 11 nitrogen and oxygen atoms in total. The first-order valence-electron chi connectivity index (χ1n) is 12.0. The van der Waals surface area contributed by atoms with E-state index >= 15 is 0 Å². The molecule has 38 heavy (non-hydrogen) atoms. The average molecular weight is 551 g/mol. The van der Waals surface area contributed by atoms with Crippen LogP contribution in [-0.4, -0.2) is 75.5 Å². The predicted molar refractivity (Wildman–Crippen MR) is 138 cm³/mol. The number of carbonyl (C=O) groups excluding carboxylic acids is 6. The second kappa shape index (κ2) is 12.9. The molecule has 1 aromatic carbocycles. The zero-order valence-electron chi connectivity index (χ0n) is 22.4. The minimum atomic E-state index is -1.24. The van der Waals surface area contributed by atoms with Crippen LogP contribution in [0, 0.1) is 0 Å². The van der Waals surface area contributed by atoms with Gasteiger partial charge in [0.1, 0.15) is 23.3 Å². The van der Waals surface area contributed by atoms with E-state index in [1.54, 1.807) is 71.9 Å². The number of benzene rings is 1. The van der Waals surface area contributed by atoms with Crippen molar-refractivity contribution in [3.63, 3.8) is 0 Å². The molecule has 0 unspecified atom stereocenters. The molecule has 0 aromatic heterocycles. The smallest absolute Gasteiger partial charge is 0.408 e. The molecule has 0 bridgehead atoms. The van der Waals surface area contributed by atoms with Crippen LogP contribution >= 0.6 is 11.8 Å². The van der Waals surface area contributed by atoms with Crippen molar-refractivity contribution in [1.82, 2.24) is 10.2 Å². The Kier molecular flexibility index (Phi) is 10.5. The molecule has 1 saturated heterocycles. The molecule has 2 atom stereocenters. The van der Waals surface area contributed by atoms with Crippen LogP contribution in [0.3, 0.4) is 0 Å². The number of ketones is 1. The maximum Gasteiger partial charge on any atom is 0.408 e. The van der Waals surface area contributed by atoms with Gasteiger partial charge in [-0.1, -0.05) is 42.1 Å². The van der Waals surface area contributed by atoms with Gasteiger partial charge >= 0.3 is 18.0 Å². The number of ether oxygens (including phenoxy) is 3. The van der Waals surface area contributed by atoms with Crippen LogP contribution in [0.1, 0.15) is 64.7 Å². The van der Waals surface area contributed by atoms with E-state index < -0.39 is 64.9 Å². The van der Waals surface area contributed by atoms with Gasteiger partial charge in [-0.3, -0.25) is 19.3 Å². The van der Waals surface area contributed by atoms with Crippen molar-refractivity contribution in [3.05, 3.63) is 35.9 Å². The van der Waals surface area contributed by atoms with Gasteiger partial charge in [0.15, 0.2) is 12.4 Å². The maximum atomic E-state index is 13.0. The summed E-state index contributed by atoms with van der Waals surface area (Å²) in [7, 11) is 0. The number of imide groups is 1. The molecule has 1 aromatic rings. The Bertz CT molecular complexity index is 1060. The van der Waals surface area contributed by atoms with Crippen molar-refractivity contribution < 1.29 is 43.0 Å². The summed E-state index contributed by atoms with van der Waals surface area (Å²) in [6, 6.07) is 5.77. The molecule has 0 spiro atoms. The molecule has 1 aliphatic heterocycles. The number of rotatable bonds is 9. The van der Waals surface area contributed by atoms with Gasteiger partial charge in [0.05, 0.1) is 0 Å². The summed E-state index contributed by atoms with van der Waals surface area (Å²) in [4.78, 5) is 76.0. The van der Waals surface area contributed by atoms with E-state index in [0.717, 1.165) is 16.7 Å². The van der Waals surface area contributed by atoms with Crippen LogP contribution in [0.4, 0.5) is 9.59 Å². The Labute approximate surface area is 225 Å². The molecule has 2 rings (SSSR count). The van der Waals surface area contributed by atoms with Gasteiger partial charge in [0, 0.05) is 17.7 Å². The minimum absolute atomic E-state index is 0.0331. The number of hydrogen-bond acceptors (Lipinski definition) is 10. The predicted octanol–water partition coefficient (Wildman–Crippen LogP) is 3.49. The van der Waals surface area contributed by atoms with Gasteiger partial charge in [-0.15, -0.1) is 0 Å². The number of carbonyl (C=O) groups is 6. The van der Waals surface area contributed by atoms with Crippen LogP contribution in [0.25, 0.3) is 0 Å². The molecule has 3 amide bonds. The number of Topliss-reactive ketones (excluding diaryl/α,β-unsaturated/α-hetero) is 1. The van der Waals surface area contributed by atoms with Crippen LogP contribution in [-0.2, 0) is 28.6 Å². The van der Waals surface area contributed by atoms with E-state index in [1.807, 2.05) is 0 Å². The first-order chi connectivity index (χ1) is 17.6. The van der Waals surface area contributed by atoms with Gasteiger partial charge < -0.3 is 19.5 Å². The number of thioether (sulfide) groups is 1. The molecular formula is C26H34N2O9S. The first kappa shape index (κ1) is 30.8. The lowest BCUT2D eigenvalue weighted by molar-refractivity contribution is -0.158. The summed E-state index contributed by atoms with van der Waals surface area (Å²) in [5.74, 6) is -2.88. The molecule has 1 heterocycles. The van der Waals surface area contributed by atoms with Crippen molar-refractivity contribution in [2.24, 2.45) is 0 Å². The summed E-state index contributed by atoms with van der Waals surface area (Å²) in [6.07, 6.45) is -1.45. The summed E-state index contributed by atoms with van der Waals surface area (Å²) in [5.41, 5.74) is -1.33. The van der Waals surface area contributed by atoms with Crippen molar-refractivity contribution in [2.45, 2.75) is 77.7 Å². The average Bonchev–Trinajstić information content (AvgIpc) is 3.19. The normalized spacial score (nSPS) is 16.4. The van der Waals surface area contributed by atoms with Crippen LogP contribution in [0.2, 0.25) is 0 Å². The third-order valence-electron chi connectivity index (χ3n) is 4.88. The summed E-state index contributed by atoms with van der Waals surface area (Å²) in [6.45, 7) is 9.38. The van der Waals surface area contributed by atoms with Gasteiger partial charge in [-0.05, 0) is 48.0 Å². The number of hydrogen-bond donors (Lipinski definition) is 1. The lowest BCUT2D eigenvalue weighted by atomic mass is 10.1. The van der Waals surface area contributed by atoms with Crippen LogP contribution in [0.5, 0.6) is 0 Å². The molecule has 12 heteroatoms. The fraction of sp³-hybridized carbons (Fsp3) is 0.538. The van der Waals surface area contributed by atoms with Crippen molar-refractivity contribution in [3.8, 4) is 0 Å². The Morgan fingerprint density at radius 1 is 1.00 bits per heavy atom. The monoisotopic (exact) mass is 550 g/mol. The highest BCUT2D eigenvalue weighted by atomic mass is 32.2. The van der Waals surface area contributed by atoms with E-state index in [0.29, 0.717) is 5.56 Å². The number of nitrogens with one attached hydrogen (secondary N) is 1. The highest BCUT2D eigenvalue weighted by Gasteiger charge is 2.42. The molecule has 0 saturated carbocycles. The zero-order valence-corrected chi connectivity index (χ0v) is 23.2. The number of nitrogens with zero attached hydrogens (tertiary/aromatic N) is 1. The third kappa shape index (κ3) is 9.81. The topological polar surface area (TPSA) is 145 Å². The second-order valence-corrected chi connectivity index (χ2v) is 11.5. The van der Waals surface area contributed by atoms with Gasteiger partial charge in [0.2, 0.25) is 5.91 Å². The Hall–Kier alpha value is -3.41. The highest BCUT2D eigenvalue weighted by Crippen LogP contribution is 2.26. The Morgan fingerprint density at radius 3 is 2.18 bits per heavy atom. The van der Waals surface area contributed by atoms with E-state index in [9.17, 15) is 28.8 Å². The quantitative estimate of drug-likeness (QED) is 0.275. The fourth-order valence-electron chi connectivity index (χ4n) is 3.27. The summed E-state index contributed by atoms with van der Waals surface area (Å²) < 4.78 is 15.6. The molecule has 0 aliphatic carbocycles. The molecular weight excluding hydrogens is 516 g/mol. The van der Waals surface area contributed by atoms with Crippen molar-refractivity contribution >= 4 is 46.7 Å². The number of amides is 3. The van der Waals surface area contributed by atoms with E-state index in [4.69, 9.17) is 14.2 Å². The van der Waals surface area contributed by atoms with Crippen LogP contribution < -0.4 is 5.32 Å². The lowest BCUT2D eigenvalue weighted by Gasteiger charge is -2.26. The molecule has 1 N–H and O–H groups in total. The van der Waals surface area contributed by atoms with E-state index in [-0.39, 0.29) is 18.6 Å². The fourth-order valence-corrected chi connectivity index (χ4v) is 4.22. The Morgan fingerprint density at radius 2 is 1.61 bits per heavy atom. The summed E-state index contributed by atoms with van der Waals surface area (Å²) in [5, 5.41) is 1.76. The van der Waals surface area contributed by atoms with Crippen molar-refractivity contribution in [1.29, 1.82) is 0 Å². The van der Waals surface area contributed by atoms with Gasteiger partial charge in [-0.25, -0.2) is 14.4 Å².